The Morgan fingerprint density at radius 3 is 2.72 bits per heavy atom. The Bertz CT molecular complexity index is 882. The highest BCUT2D eigenvalue weighted by molar-refractivity contribution is 5.97. The topological polar surface area (TPSA) is 53.7 Å². The summed E-state index contributed by atoms with van der Waals surface area (Å²) < 4.78 is 5.34. The van der Waals surface area contributed by atoms with E-state index in [-0.39, 0.29) is 12.5 Å². The predicted octanol–water partition coefficient (Wildman–Crippen LogP) is 3.63. The van der Waals surface area contributed by atoms with Gasteiger partial charge in [-0.25, -0.2) is 0 Å². The maximum atomic E-state index is 12.8. The molecule has 0 unspecified atom stereocenters. The number of hydrogen-bond acceptors (Lipinski definition) is 3. The van der Waals surface area contributed by atoms with Crippen LogP contribution in [0.25, 0.3) is 11.0 Å². The van der Waals surface area contributed by atoms with Crippen molar-refractivity contribution >= 4 is 16.9 Å². The number of carbonyl (C=O) groups is 1. The van der Waals surface area contributed by atoms with Gasteiger partial charge in [-0.3, -0.25) is 4.79 Å². The highest BCUT2D eigenvalue weighted by atomic mass is 16.3. The molecule has 1 aliphatic heterocycles. The van der Waals surface area contributed by atoms with Gasteiger partial charge in [0.25, 0.3) is 5.91 Å². The Balaban J connectivity index is 1.41. The van der Waals surface area contributed by atoms with Crippen LogP contribution in [0.1, 0.15) is 27.9 Å². The van der Waals surface area contributed by atoms with Gasteiger partial charge in [-0.15, -0.1) is 0 Å². The van der Waals surface area contributed by atoms with Gasteiger partial charge in [0.2, 0.25) is 0 Å². The quantitative estimate of drug-likeness (QED) is 0.792. The molecule has 1 aliphatic rings. The number of aliphatic hydroxyl groups is 1. The first-order valence-electron chi connectivity index (χ1n) is 8.68. The van der Waals surface area contributed by atoms with Crippen LogP contribution in [0.3, 0.4) is 0 Å². The number of rotatable bonds is 4. The molecule has 128 valence electrons. The molecule has 1 N–H and O–H groups in total. The summed E-state index contributed by atoms with van der Waals surface area (Å²) in [5, 5.41) is 10.1. The summed E-state index contributed by atoms with van der Waals surface area (Å²) in [4.78, 5) is 14.7. The molecule has 1 saturated heterocycles. The molecular weight excluding hydrogens is 314 g/mol. The first-order valence-corrected chi connectivity index (χ1v) is 8.68. The standard InChI is InChI=1S/C21H21NO3/c23-14-16-3-1-15(2-4-16)11-17-7-9-22(13-17)21(24)19-5-6-20-18(12-19)8-10-25-20/h1-6,8,10,12,17,23H,7,9,11,13-14H2/t17-/m1/s1. The second-order valence-electron chi connectivity index (χ2n) is 6.76. The normalized spacial score (nSPS) is 17.3. The second kappa shape index (κ2) is 6.73. The summed E-state index contributed by atoms with van der Waals surface area (Å²) in [6.07, 6.45) is 3.64. The summed E-state index contributed by atoms with van der Waals surface area (Å²) in [6, 6.07) is 15.6. The molecule has 0 spiro atoms. The number of hydrogen-bond donors (Lipinski definition) is 1. The van der Waals surface area contributed by atoms with Crippen molar-refractivity contribution in [3.8, 4) is 0 Å². The van der Waals surface area contributed by atoms with Gasteiger partial charge in [-0.1, -0.05) is 24.3 Å². The molecule has 4 rings (SSSR count). The zero-order valence-corrected chi connectivity index (χ0v) is 14.0. The van der Waals surface area contributed by atoms with Crippen LogP contribution in [0.15, 0.2) is 59.2 Å². The van der Waals surface area contributed by atoms with E-state index >= 15 is 0 Å². The highest BCUT2D eigenvalue weighted by Gasteiger charge is 2.27. The number of furan rings is 1. The van der Waals surface area contributed by atoms with E-state index in [1.54, 1.807) is 6.26 Å². The van der Waals surface area contributed by atoms with Crippen molar-refractivity contribution in [2.75, 3.05) is 13.1 Å². The van der Waals surface area contributed by atoms with Crippen molar-refractivity contribution in [1.29, 1.82) is 0 Å². The Morgan fingerprint density at radius 2 is 1.92 bits per heavy atom. The average Bonchev–Trinajstić information content (AvgIpc) is 3.30. The summed E-state index contributed by atoms with van der Waals surface area (Å²) in [7, 11) is 0. The molecule has 0 aliphatic carbocycles. The maximum absolute atomic E-state index is 12.8. The maximum Gasteiger partial charge on any atom is 0.253 e. The molecule has 1 amide bonds. The van der Waals surface area contributed by atoms with Gasteiger partial charge < -0.3 is 14.4 Å². The van der Waals surface area contributed by atoms with E-state index < -0.39 is 0 Å². The molecule has 4 nitrogen and oxygen atoms in total. The second-order valence-corrected chi connectivity index (χ2v) is 6.76. The smallest absolute Gasteiger partial charge is 0.253 e. The van der Waals surface area contributed by atoms with Gasteiger partial charge >= 0.3 is 0 Å². The Hall–Kier alpha value is -2.59. The fourth-order valence-corrected chi connectivity index (χ4v) is 3.58. The molecule has 1 fully saturated rings. The third-order valence-electron chi connectivity index (χ3n) is 5.00. The minimum atomic E-state index is 0.0764. The van der Waals surface area contributed by atoms with Gasteiger partial charge in [0.05, 0.1) is 12.9 Å². The van der Waals surface area contributed by atoms with E-state index in [1.165, 1.54) is 5.56 Å². The van der Waals surface area contributed by atoms with Crippen LogP contribution >= 0.6 is 0 Å². The first-order chi connectivity index (χ1) is 12.2. The molecule has 3 aromatic rings. The van der Waals surface area contributed by atoms with Crippen LogP contribution < -0.4 is 0 Å². The van der Waals surface area contributed by atoms with Crippen LogP contribution in [0.2, 0.25) is 0 Å². The van der Waals surface area contributed by atoms with E-state index in [9.17, 15) is 4.79 Å². The third kappa shape index (κ3) is 3.30. The van der Waals surface area contributed by atoms with Gasteiger partial charge in [0, 0.05) is 24.0 Å². The summed E-state index contributed by atoms with van der Waals surface area (Å²) in [5.41, 5.74) is 3.72. The molecule has 0 bridgehead atoms. The van der Waals surface area contributed by atoms with Crippen molar-refractivity contribution in [3.63, 3.8) is 0 Å². The van der Waals surface area contributed by atoms with Crippen LogP contribution in [0, 0.1) is 5.92 Å². The lowest BCUT2D eigenvalue weighted by Gasteiger charge is -2.17. The highest BCUT2D eigenvalue weighted by Crippen LogP contribution is 2.24. The number of likely N-dealkylation sites (tertiary alicyclic amines) is 1. The minimum absolute atomic E-state index is 0.0764. The lowest BCUT2D eigenvalue weighted by molar-refractivity contribution is 0.0787. The third-order valence-corrected chi connectivity index (χ3v) is 5.00. The molecule has 4 heteroatoms. The van der Waals surface area contributed by atoms with E-state index in [2.05, 4.69) is 12.1 Å². The lowest BCUT2D eigenvalue weighted by atomic mass is 9.98. The monoisotopic (exact) mass is 335 g/mol. The zero-order chi connectivity index (χ0) is 17.2. The largest absolute Gasteiger partial charge is 0.464 e. The number of carbonyl (C=O) groups excluding carboxylic acids is 1. The average molecular weight is 335 g/mol. The molecule has 2 heterocycles. The van der Waals surface area contributed by atoms with E-state index in [0.29, 0.717) is 5.92 Å². The Kier molecular flexibility index (Phi) is 4.28. The molecule has 1 aromatic heterocycles. The lowest BCUT2D eigenvalue weighted by Crippen LogP contribution is -2.28. The van der Waals surface area contributed by atoms with E-state index in [1.807, 2.05) is 41.3 Å². The Labute approximate surface area is 146 Å². The number of benzene rings is 2. The zero-order valence-electron chi connectivity index (χ0n) is 14.0. The van der Waals surface area contributed by atoms with Gasteiger partial charge in [0.15, 0.2) is 0 Å². The molecule has 2 aromatic carbocycles. The van der Waals surface area contributed by atoms with Gasteiger partial charge in [-0.05, 0) is 54.2 Å². The van der Waals surface area contributed by atoms with Crippen LogP contribution in [0.5, 0.6) is 0 Å². The van der Waals surface area contributed by atoms with Gasteiger partial charge in [-0.2, -0.15) is 0 Å². The van der Waals surface area contributed by atoms with Crippen molar-refractivity contribution in [2.24, 2.45) is 5.92 Å². The molecule has 25 heavy (non-hydrogen) atoms. The summed E-state index contributed by atoms with van der Waals surface area (Å²) >= 11 is 0. The van der Waals surface area contributed by atoms with Crippen molar-refractivity contribution < 1.29 is 14.3 Å². The predicted molar refractivity (Wildman–Crippen MR) is 96.3 cm³/mol. The number of amides is 1. The van der Waals surface area contributed by atoms with Crippen LogP contribution in [-0.4, -0.2) is 29.0 Å². The molecule has 0 saturated carbocycles. The number of aliphatic hydroxyl groups excluding tert-OH is 1. The SMILES string of the molecule is O=C(c1ccc2occc2c1)N1CC[C@H](Cc2ccc(CO)cc2)C1. The van der Waals surface area contributed by atoms with Crippen LogP contribution in [-0.2, 0) is 13.0 Å². The van der Waals surface area contributed by atoms with E-state index in [4.69, 9.17) is 9.52 Å². The minimum Gasteiger partial charge on any atom is -0.464 e. The Morgan fingerprint density at radius 1 is 1.12 bits per heavy atom. The molecule has 1 atom stereocenters. The van der Waals surface area contributed by atoms with E-state index in [0.717, 1.165) is 48.0 Å². The fraction of sp³-hybridized carbons (Fsp3) is 0.286. The molecular formula is C21H21NO3. The summed E-state index contributed by atoms with van der Waals surface area (Å²) in [6.45, 7) is 1.68. The molecule has 0 radical (unpaired) electrons. The number of nitrogens with zero attached hydrogens (tertiary/aromatic N) is 1. The fourth-order valence-electron chi connectivity index (χ4n) is 3.58. The van der Waals surface area contributed by atoms with Crippen molar-refractivity contribution in [3.05, 3.63) is 71.5 Å². The van der Waals surface area contributed by atoms with Crippen LogP contribution in [0.4, 0.5) is 0 Å². The van der Waals surface area contributed by atoms with Crippen molar-refractivity contribution in [1.82, 2.24) is 4.90 Å². The number of fused-ring (bicyclic) bond motifs is 1. The van der Waals surface area contributed by atoms with Crippen molar-refractivity contribution in [2.45, 2.75) is 19.4 Å². The van der Waals surface area contributed by atoms with Gasteiger partial charge in [0.1, 0.15) is 5.58 Å². The first kappa shape index (κ1) is 15.9. The summed E-state index contributed by atoms with van der Waals surface area (Å²) in [5.74, 6) is 0.586.